The van der Waals surface area contributed by atoms with Crippen molar-refractivity contribution in [1.82, 2.24) is 18.3 Å². The molecule has 0 saturated carbocycles. The minimum Gasteiger partial charge on any atom is -0.309 e. The Hall–Kier alpha value is -18.0. The second-order valence-corrected chi connectivity index (χ2v) is 35.4. The minimum atomic E-state index is 1.13. The highest BCUT2D eigenvalue weighted by atomic mass is 15.0. The van der Waals surface area contributed by atoms with E-state index in [-0.39, 0.29) is 0 Å². The number of aromatic nitrogens is 4. The van der Waals surface area contributed by atoms with Gasteiger partial charge < -0.3 is 18.3 Å². The third-order valence-corrected chi connectivity index (χ3v) is 27.4. The van der Waals surface area contributed by atoms with Crippen LogP contribution in [-0.2, 0) is 0 Å². The van der Waals surface area contributed by atoms with Crippen molar-refractivity contribution in [2.24, 2.45) is 0 Å². The van der Waals surface area contributed by atoms with Crippen LogP contribution in [0.4, 0.5) is 0 Å². The predicted molar refractivity (Wildman–Crippen MR) is 575 cm³/mol. The van der Waals surface area contributed by atoms with Crippen LogP contribution in [0.5, 0.6) is 0 Å². The first-order chi connectivity index (χ1) is 67.4. The van der Waals surface area contributed by atoms with Crippen LogP contribution in [-0.4, -0.2) is 18.3 Å². The fourth-order valence-corrected chi connectivity index (χ4v) is 20.9. The molecular formula is C132H88N4. The highest BCUT2D eigenvalue weighted by Gasteiger charge is 2.24. The SMILES string of the molecule is c1ccc(-c2cc(-c3ccccc3)cc(-c3ccc4c(c3)c3ccccc3n4-c3ccc(-c4ccc(-n5c6ccccc6c6cc(-c7cc(-c8ccccc8)cc(-c8ccccc8)c7)ccc65)cc4)cc3)c2)cc1.c1ccc(-c2ccc3c(c2)c2c(-c4ccccc4)cccc2n3-c2ccc(-c3ccc(-n4c5ccc(-c6ccccc6)cc5c5c(-c6ccccc6)cccc54)cc3)cc2)cc1. The minimum absolute atomic E-state index is 1.13. The first-order valence-corrected chi connectivity index (χ1v) is 46.8. The number of nitrogens with zero attached hydrogens (tertiary/aromatic N) is 4. The maximum Gasteiger partial charge on any atom is 0.0547 e. The molecule has 0 radical (unpaired) electrons. The Kier molecular flexibility index (Phi) is 20.3. The van der Waals surface area contributed by atoms with Gasteiger partial charge in [-0.05, 0) is 291 Å². The summed E-state index contributed by atoms with van der Waals surface area (Å²) in [6, 6.07) is 195. The fraction of sp³-hybridized carbons (Fsp3) is 0. The van der Waals surface area contributed by atoms with Gasteiger partial charge in [-0.2, -0.15) is 0 Å². The Morgan fingerprint density at radius 1 is 0.0956 bits per heavy atom. The summed E-state index contributed by atoms with van der Waals surface area (Å²) >= 11 is 0. The summed E-state index contributed by atoms with van der Waals surface area (Å²) in [6.45, 7) is 0. The molecule has 4 heterocycles. The summed E-state index contributed by atoms with van der Waals surface area (Å²) in [5.74, 6) is 0. The van der Waals surface area contributed by atoms with Crippen LogP contribution in [0.15, 0.2) is 534 Å². The van der Waals surface area contributed by atoms with Crippen LogP contribution in [0.25, 0.3) is 243 Å². The van der Waals surface area contributed by atoms with E-state index in [1.165, 1.54) is 221 Å². The Balaban J connectivity index is 0.000000147. The lowest BCUT2D eigenvalue weighted by atomic mass is 9.93. The van der Waals surface area contributed by atoms with E-state index in [0.717, 1.165) is 22.7 Å². The Morgan fingerprint density at radius 3 is 0.559 bits per heavy atom. The number of benzene rings is 22. The van der Waals surface area contributed by atoms with Gasteiger partial charge in [-0.1, -0.05) is 376 Å². The van der Waals surface area contributed by atoms with E-state index in [0.29, 0.717) is 0 Å². The summed E-state index contributed by atoms with van der Waals surface area (Å²) in [5.41, 5.74) is 43.0. The molecule has 4 nitrogen and oxygen atoms in total. The largest absolute Gasteiger partial charge is 0.309 e. The lowest BCUT2D eigenvalue weighted by molar-refractivity contribution is 1.18. The van der Waals surface area contributed by atoms with Crippen LogP contribution in [0, 0.1) is 0 Å². The summed E-state index contributed by atoms with van der Waals surface area (Å²) < 4.78 is 9.67. The lowest BCUT2D eigenvalue weighted by Gasteiger charge is -2.13. The summed E-state index contributed by atoms with van der Waals surface area (Å²) in [4.78, 5) is 0. The Morgan fingerprint density at radius 2 is 0.279 bits per heavy atom. The molecule has 136 heavy (non-hydrogen) atoms. The highest BCUT2D eigenvalue weighted by molar-refractivity contribution is 6.19. The number of para-hydroxylation sites is 2. The van der Waals surface area contributed by atoms with Crippen molar-refractivity contribution in [3.05, 3.63) is 534 Å². The summed E-state index contributed by atoms with van der Waals surface area (Å²) in [5, 5.41) is 9.98. The molecule has 0 N–H and O–H groups in total. The predicted octanol–water partition coefficient (Wildman–Crippen LogP) is 35.8. The van der Waals surface area contributed by atoms with E-state index in [9.17, 15) is 0 Å². The molecule has 0 fully saturated rings. The smallest absolute Gasteiger partial charge is 0.0547 e. The molecule has 4 aromatic heterocycles. The molecule has 0 aliphatic heterocycles. The molecule has 0 saturated heterocycles. The van der Waals surface area contributed by atoms with E-state index < -0.39 is 0 Å². The quantitative estimate of drug-likeness (QED) is 0.0919. The third-order valence-electron chi connectivity index (χ3n) is 27.4. The first kappa shape index (κ1) is 80.1. The topological polar surface area (TPSA) is 19.7 Å². The molecule has 0 atom stereocenters. The zero-order valence-electron chi connectivity index (χ0n) is 74.6. The average molecular weight is 1730 g/mol. The van der Waals surface area contributed by atoms with Gasteiger partial charge in [-0.3, -0.25) is 0 Å². The van der Waals surface area contributed by atoms with Crippen molar-refractivity contribution in [3.63, 3.8) is 0 Å². The maximum atomic E-state index is 2.42. The van der Waals surface area contributed by atoms with Gasteiger partial charge in [0.15, 0.2) is 0 Å². The Labute approximate surface area is 790 Å². The van der Waals surface area contributed by atoms with Crippen LogP contribution in [0.2, 0.25) is 0 Å². The van der Waals surface area contributed by atoms with Crippen molar-refractivity contribution >= 4 is 87.2 Å². The molecular weight excluding hydrogens is 1640 g/mol. The molecule has 0 aliphatic rings. The molecule has 0 bridgehead atoms. The summed E-state index contributed by atoms with van der Waals surface area (Å²) in [7, 11) is 0. The zero-order chi connectivity index (χ0) is 89.9. The molecule has 26 rings (SSSR count). The summed E-state index contributed by atoms with van der Waals surface area (Å²) in [6.07, 6.45) is 0. The number of rotatable bonds is 16. The second-order valence-electron chi connectivity index (χ2n) is 35.4. The van der Waals surface area contributed by atoms with E-state index in [1.807, 2.05) is 0 Å². The van der Waals surface area contributed by atoms with Gasteiger partial charge in [0, 0.05) is 65.8 Å². The number of fused-ring (bicyclic) bond motifs is 12. The van der Waals surface area contributed by atoms with E-state index in [2.05, 4.69) is 552 Å². The van der Waals surface area contributed by atoms with Crippen molar-refractivity contribution < 1.29 is 0 Å². The van der Waals surface area contributed by atoms with E-state index in [1.54, 1.807) is 0 Å². The van der Waals surface area contributed by atoms with Crippen molar-refractivity contribution in [2.75, 3.05) is 0 Å². The maximum absolute atomic E-state index is 2.42. The van der Waals surface area contributed by atoms with Crippen LogP contribution < -0.4 is 0 Å². The molecule has 22 aromatic carbocycles. The van der Waals surface area contributed by atoms with Crippen LogP contribution in [0.1, 0.15) is 0 Å². The number of hydrogen-bond acceptors (Lipinski definition) is 0. The number of hydrogen-bond donors (Lipinski definition) is 0. The second kappa shape index (κ2) is 34.4. The standard InChI is InChI=1S/C72H48N2.C60H40N2/c1-5-17-49(18-6-1)57-41-58(50-19-7-2-8-20-50)44-61(43-57)55-33-39-71-67(47-55)65-25-13-15-27-69(65)73(71)63-35-29-53(30-36-63)54-31-37-64(38-32-54)74-70-28-16-14-26-66(70)68-48-56(34-40-72(68)74)62-45-59(51-21-9-3-10-22-51)42-60(46-62)52-23-11-4-12-24-52;1-5-15-41(16-6-1)47-31-37-55-53(39-47)59-51(45-19-9-3-10-20-45)23-13-25-57(59)61(55)49-33-27-43(28-34-49)44-29-35-50(36-30-44)62-56-38-32-48(42-17-7-2-8-18-42)40-54(56)60-52(24-14-26-58(60)62)46-21-11-4-12-22-46/h1-48H;1-40H. The lowest BCUT2D eigenvalue weighted by Crippen LogP contribution is -1.95. The van der Waals surface area contributed by atoms with Crippen LogP contribution in [0.3, 0.4) is 0 Å². The molecule has 4 heteroatoms. The van der Waals surface area contributed by atoms with Crippen molar-refractivity contribution in [1.29, 1.82) is 0 Å². The first-order valence-electron chi connectivity index (χ1n) is 46.8. The van der Waals surface area contributed by atoms with Crippen molar-refractivity contribution in [2.45, 2.75) is 0 Å². The van der Waals surface area contributed by atoms with Gasteiger partial charge >= 0.3 is 0 Å². The third kappa shape index (κ3) is 14.6. The molecule has 0 amide bonds. The fourth-order valence-electron chi connectivity index (χ4n) is 20.9. The Bertz CT molecular complexity index is 8330. The van der Waals surface area contributed by atoms with Crippen LogP contribution >= 0.6 is 0 Å². The van der Waals surface area contributed by atoms with Crippen molar-refractivity contribution in [3.8, 4) is 156 Å². The van der Waals surface area contributed by atoms with Gasteiger partial charge in [0.25, 0.3) is 0 Å². The average Bonchev–Trinajstić information content (AvgIpc) is 1.58. The van der Waals surface area contributed by atoms with Gasteiger partial charge in [-0.25, -0.2) is 0 Å². The highest BCUT2D eigenvalue weighted by Crippen LogP contribution is 2.47. The van der Waals surface area contributed by atoms with Gasteiger partial charge in [0.2, 0.25) is 0 Å². The molecule has 0 spiro atoms. The van der Waals surface area contributed by atoms with E-state index >= 15 is 0 Å². The molecule has 636 valence electrons. The molecule has 0 unspecified atom stereocenters. The molecule has 0 aliphatic carbocycles. The van der Waals surface area contributed by atoms with Gasteiger partial charge in [0.1, 0.15) is 0 Å². The van der Waals surface area contributed by atoms with Gasteiger partial charge in [0.05, 0.1) is 44.1 Å². The van der Waals surface area contributed by atoms with Gasteiger partial charge in [-0.15, -0.1) is 0 Å². The molecule has 26 aromatic rings. The van der Waals surface area contributed by atoms with E-state index in [4.69, 9.17) is 0 Å². The normalized spacial score (nSPS) is 11.5. The monoisotopic (exact) mass is 1730 g/mol. The zero-order valence-corrected chi connectivity index (χ0v) is 74.6.